The third-order valence-corrected chi connectivity index (χ3v) is 4.50. The fourth-order valence-electron chi connectivity index (χ4n) is 3.34. The topological polar surface area (TPSA) is 80.0 Å². The highest BCUT2D eigenvalue weighted by atomic mass is 19.4. The Labute approximate surface area is 162 Å². The molecule has 1 aliphatic rings. The van der Waals surface area contributed by atoms with Crippen LogP contribution in [0.25, 0.3) is 0 Å². The van der Waals surface area contributed by atoms with Crippen LogP contribution in [0.4, 0.5) is 13.2 Å². The van der Waals surface area contributed by atoms with Gasteiger partial charge in [-0.15, -0.1) is 0 Å². The molecule has 1 heterocycles. The second kappa shape index (κ2) is 10.3. The molecule has 3 N–H and O–H groups in total. The highest BCUT2D eigenvalue weighted by Gasteiger charge is 2.27. The minimum atomic E-state index is -4.33. The van der Waals surface area contributed by atoms with Gasteiger partial charge in [0.25, 0.3) is 0 Å². The molecule has 28 heavy (non-hydrogen) atoms. The minimum absolute atomic E-state index is 0.0942. The summed E-state index contributed by atoms with van der Waals surface area (Å²) in [6.45, 7) is 0.692. The first-order valence-corrected chi connectivity index (χ1v) is 9.23. The van der Waals surface area contributed by atoms with E-state index in [0.29, 0.717) is 25.1 Å². The van der Waals surface area contributed by atoms with Crippen molar-refractivity contribution in [2.75, 3.05) is 26.7 Å². The lowest BCUT2D eigenvalue weighted by Gasteiger charge is -2.34. The maximum atomic E-state index is 12.2. The normalized spacial score (nSPS) is 18.2. The first-order valence-electron chi connectivity index (χ1n) is 9.23. The number of nitrogens with one attached hydrogen (secondary N) is 1. The molecular formula is C19H27F3N4O2. The van der Waals surface area contributed by atoms with Gasteiger partial charge in [-0.2, -0.15) is 13.2 Å². The van der Waals surface area contributed by atoms with E-state index in [-0.39, 0.29) is 18.4 Å². The van der Waals surface area contributed by atoms with Crippen molar-refractivity contribution in [1.82, 2.24) is 10.2 Å². The zero-order chi connectivity index (χ0) is 20.6. The van der Waals surface area contributed by atoms with Crippen LogP contribution in [-0.2, 0) is 22.7 Å². The summed E-state index contributed by atoms with van der Waals surface area (Å²) < 4.78 is 41.3. The fourth-order valence-corrected chi connectivity index (χ4v) is 3.34. The number of amides is 1. The number of hydrogen-bond acceptors (Lipinski definition) is 3. The van der Waals surface area contributed by atoms with Gasteiger partial charge < -0.3 is 20.7 Å². The Balaban J connectivity index is 1.87. The number of guanidine groups is 1. The molecule has 0 aromatic heterocycles. The van der Waals surface area contributed by atoms with Crippen molar-refractivity contribution in [2.45, 2.75) is 38.6 Å². The standard InChI is InChI=1S/C19H27F3N4O2/c1-24-18(26-7-3-6-15(11-26)9-17(23)27)25-10-14-4-2-5-16(8-14)12-28-13-19(20,21)22/h2,4-5,8,15H,3,6-7,9-13H2,1H3,(H2,23,27)(H,24,25). The molecule has 1 amide bonds. The van der Waals surface area contributed by atoms with E-state index < -0.39 is 12.8 Å². The van der Waals surface area contributed by atoms with Crippen LogP contribution >= 0.6 is 0 Å². The van der Waals surface area contributed by atoms with Crippen molar-refractivity contribution in [3.63, 3.8) is 0 Å². The smallest absolute Gasteiger partial charge is 0.370 e. The Morgan fingerprint density at radius 1 is 1.39 bits per heavy atom. The molecule has 2 rings (SSSR count). The fraction of sp³-hybridized carbons (Fsp3) is 0.579. The number of alkyl halides is 3. The number of halogens is 3. The van der Waals surface area contributed by atoms with E-state index in [4.69, 9.17) is 10.5 Å². The molecule has 0 radical (unpaired) electrons. The predicted molar refractivity (Wildman–Crippen MR) is 100 cm³/mol. The third kappa shape index (κ3) is 7.75. The number of carbonyl (C=O) groups is 1. The lowest BCUT2D eigenvalue weighted by molar-refractivity contribution is -0.176. The number of carbonyl (C=O) groups excluding carboxylic acids is 1. The Hall–Kier alpha value is -2.29. The number of aliphatic imine (C=N–C) groups is 1. The van der Waals surface area contributed by atoms with Gasteiger partial charge in [-0.05, 0) is 29.9 Å². The molecule has 1 aromatic carbocycles. The number of likely N-dealkylation sites (tertiary alicyclic amines) is 1. The quantitative estimate of drug-likeness (QED) is 0.544. The molecule has 1 fully saturated rings. The Morgan fingerprint density at radius 2 is 2.14 bits per heavy atom. The molecule has 0 spiro atoms. The predicted octanol–water partition coefficient (Wildman–Crippen LogP) is 2.43. The van der Waals surface area contributed by atoms with Crippen molar-refractivity contribution >= 4 is 11.9 Å². The number of benzene rings is 1. The van der Waals surface area contributed by atoms with Gasteiger partial charge >= 0.3 is 6.18 Å². The summed E-state index contributed by atoms with van der Waals surface area (Å²) in [4.78, 5) is 17.6. The molecule has 1 unspecified atom stereocenters. The van der Waals surface area contributed by atoms with Gasteiger partial charge in [0.05, 0.1) is 6.61 Å². The van der Waals surface area contributed by atoms with E-state index >= 15 is 0 Å². The van der Waals surface area contributed by atoms with Crippen LogP contribution in [0.2, 0.25) is 0 Å². The number of rotatable bonds is 7. The molecule has 0 aliphatic carbocycles. The van der Waals surface area contributed by atoms with Crippen LogP contribution in [0.1, 0.15) is 30.4 Å². The molecule has 0 bridgehead atoms. The lowest BCUT2D eigenvalue weighted by atomic mass is 9.95. The third-order valence-electron chi connectivity index (χ3n) is 4.50. The average Bonchev–Trinajstić information content (AvgIpc) is 2.61. The maximum Gasteiger partial charge on any atom is 0.411 e. The molecule has 6 nitrogen and oxygen atoms in total. The van der Waals surface area contributed by atoms with E-state index in [1.165, 1.54) is 0 Å². The Kier molecular flexibility index (Phi) is 8.10. The summed E-state index contributed by atoms with van der Waals surface area (Å²) in [5.41, 5.74) is 6.90. The number of nitrogens with zero attached hydrogens (tertiary/aromatic N) is 2. The van der Waals surface area contributed by atoms with Crippen molar-refractivity contribution in [3.8, 4) is 0 Å². The maximum absolute atomic E-state index is 12.2. The van der Waals surface area contributed by atoms with Gasteiger partial charge in [0.15, 0.2) is 5.96 Å². The summed E-state index contributed by atoms with van der Waals surface area (Å²) in [6.07, 6.45) is -2.03. The van der Waals surface area contributed by atoms with Crippen LogP contribution in [0.15, 0.2) is 29.3 Å². The number of hydrogen-bond donors (Lipinski definition) is 2. The summed E-state index contributed by atoms with van der Waals surface area (Å²) in [7, 11) is 1.70. The highest BCUT2D eigenvalue weighted by molar-refractivity contribution is 5.80. The average molecular weight is 400 g/mol. The first kappa shape index (κ1) is 22.0. The number of ether oxygens (including phenoxy) is 1. The largest absolute Gasteiger partial charge is 0.411 e. The van der Waals surface area contributed by atoms with Crippen molar-refractivity contribution in [3.05, 3.63) is 35.4 Å². The molecule has 156 valence electrons. The Bertz CT molecular complexity index is 679. The zero-order valence-corrected chi connectivity index (χ0v) is 16.0. The SMILES string of the molecule is CN=C(NCc1cccc(COCC(F)(F)F)c1)N1CCCC(CC(N)=O)C1. The van der Waals surface area contributed by atoms with Crippen molar-refractivity contribution in [2.24, 2.45) is 16.6 Å². The highest BCUT2D eigenvalue weighted by Crippen LogP contribution is 2.19. The number of primary amides is 1. The second-order valence-electron chi connectivity index (χ2n) is 6.95. The van der Waals surface area contributed by atoms with Gasteiger partial charge in [0, 0.05) is 33.1 Å². The van der Waals surface area contributed by atoms with E-state index in [1.54, 1.807) is 19.2 Å². The number of piperidine rings is 1. The molecule has 1 saturated heterocycles. The monoisotopic (exact) mass is 400 g/mol. The molecular weight excluding hydrogens is 373 g/mol. The lowest BCUT2D eigenvalue weighted by Crippen LogP contribution is -2.46. The second-order valence-corrected chi connectivity index (χ2v) is 6.95. The summed E-state index contributed by atoms with van der Waals surface area (Å²) in [5.74, 6) is 0.658. The van der Waals surface area contributed by atoms with Crippen molar-refractivity contribution in [1.29, 1.82) is 0 Å². The van der Waals surface area contributed by atoms with Crippen molar-refractivity contribution < 1.29 is 22.7 Å². The molecule has 0 saturated carbocycles. The van der Waals surface area contributed by atoms with Crippen LogP contribution < -0.4 is 11.1 Å². The van der Waals surface area contributed by atoms with E-state index in [2.05, 4.69) is 15.2 Å². The molecule has 1 atom stereocenters. The molecule has 1 aromatic rings. The van der Waals surface area contributed by atoms with E-state index in [1.807, 2.05) is 12.1 Å². The van der Waals surface area contributed by atoms with Crippen LogP contribution in [0, 0.1) is 5.92 Å². The Morgan fingerprint density at radius 3 is 2.82 bits per heavy atom. The van der Waals surface area contributed by atoms with Crippen LogP contribution in [0.5, 0.6) is 0 Å². The van der Waals surface area contributed by atoms with Gasteiger partial charge in [-0.1, -0.05) is 24.3 Å². The van der Waals surface area contributed by atoms with Gasteiger partial charge in [-0.3, -0.25) is 9.79 Å². The van der Waals surface area contributed by atoms with Gasteiger partial charge in [-0.25, -0.2) is 0 Å². The number of nitrogens with two attached hydrogens (primary N) is 1. The summed E-state index contributed by atoms with van der Waals surface area (Å²) >= 11 is 0. The molecule has 9 heteroatoms. The summed E-state index contributed by atoms with van der Waals surface area (Å²) in [5, 5.41) is 3.28. The van der Waals surface area contributed by atoms with Gasteiger partial charge in [0.2, 0.25) is 5.91 Å². The van der Waals surface area contributed by atoms with Gasteiger partial charge in [0.1, 0.15) is 6.61 Å². The van der Waals surface area contributed by atoms with Crippen LogP contribution in [-0.4, -0.2) is 49.7 Å². The van der Waals surface area contributed by atoms with E-state index in [9.17, 15) is 18.0 Å². The van der Waals surface area contributed by atoms with E-state index in [0.717, 1.165) is 30.9 Å². The molecule has 1 aliphatic heterocycles. The summed E-state index contributed by atoms with van der Waals surface area (Å²) in [6, 6.07) is 7.21. The first-order chi connectivity index (χ1) is 13.3. The van der Waals surface area contributed by atoms with Crippen LogP contribution in [0.3, 0.4) is 0 Å². The zero-order valence-electron chi connectivity index (χ0n) is 16.0. The minimum Gasteiger partial charge on any atom is -0.370 e.